The Labute approximate surface area is 230 Å². The van der Waals surface area contributed by atoms with Gasteiger partial charge in [0.2, 0.25) is 0 Å². The minimum absolute atomic E-state index is 0.178. The molecule has 0 spiro atoms. The number of amides is 2. The van der Waals surface area contributed by atoms with Crippen LogP contribution in [-0.4, -0.2) is 29.9 Å². The number of rotatable bonds is 8. The van der Waals surface area contributed by atoms with Crippen LogP contribution in [0.2, 0.25) is 5.02 Å². The highest BCUT2D eigenvalue weighted by Gasteiger charge is 2.33. The summed E-state index contributed by atoms with van der Waals surface area (Å²) in [5, 5.41) is 3.38. The van der Waals surface area contributed by atoms with Crippen molar-refractivity contribution in [2.75, 3.05) is 23.9 Å². The SMILES string of the molecule is CCc1ccc(NC(=O)COc2ccc(/C=C3\SC(=S)N(c4ccc(C)c(Cl)c4)C3=O)cc2OC)cc1. The number of thioether (sulfide) groups is 1. The van der Waals surface area contributed by atoms with Gasteiger partial charge < -0.3 is 14.8 Å². The smallest absolute Gasteiger partial charge is 0.270 e. The van der Waals surface area contributed by atoms with Gasteiger partial charge in [0.05, 0.1) is 17.7 Å². The zero-order valence-corrected chi connectivity index (χ0v) is 22.9. The molecule has 1 fully saturated rings. The molecule has 1 heterocycles. The summed E-state index contributed by atoms with van der Waals surface area (Å²) in [5.41, 5.74) is 4.18. The van der Waals surface area contributed by atoms with Gasteiger partial charge in [0.1, 0.15) is 0 Å². The van der Waals surface area contributed by atoms with E-state index < -0.39 is 0 Å². The number of carbonyl (C=O) groups excluding carboxylic acids is 2. The number of nitrogens with zero attached hydrogens (tertiary/aromatic N) is 1. The van der Waals surface area contributed by atoms with Crippen molar-refractivity contribution in [3.05, 3.63) is 87.3 Å². The highest BCUT2D eigenvalue weighted by molar-refractivity contribution is 8.27. The fourth-order valence-electron chi connectivity index (χ4n) is 3.62. The highest BCUT2D eigenvalue weighted by atomic mass is 35.5. The maximum Gasteiger partial charge on any atom is 0.270 e. The second kappa shape index (κ2) is 11.8. The average Bonchev–Trinajstić information content (AvgIpc) is 3.17. The number of anilines is 2. The molecule has 37 heavy (non-hydrogen) atoms. The maximum absolute atomic E-state index is 13.1. The van der Waals surface area contributed by atoms with Crippen LogP contribution in [0.15, 0.2) is 65.6 Å². The average molecular weight is 553 g/mol. The predicted octanol–water partition coefficient (Wildman–Crippen LogP) is 6.64. The van der Waals surface area contributed by atoms with Crippen LogP contribution in [0, 0.1) is 6.92 Å². The number of aryl methyl sites for hydroxylation is 2. The lowest BCUT2D eigenvalue weighted by Gasteiger charge is -2.15. The lowest BCUT2D eigenvalue weighted by Crippen LogP contribution is -2.27. The molecule has 190 valence electrons. The number of thiocarbonyl (C=S) groups is 1. The summed E-state index contributed by atoms with van der Waals surface area (Å²) in [7, 11) is 1.52. The van der Waals surface area contributed by atoms with Gasteiger partial charge in [-0.2, -0.15) is 0 Å². The zero-order valence-electron chi connectivity index (χ0n) is 20.5. The fourth-order valence-corrected chi connectivity index (χ4v) is 5.09. The van der Waals surface area contributed by atoms with E-state index in [1.807, 2.05) is 43.3 Å². The topological polar surface area (TPSA) is 67.9 Å². The number of nitrogens with one attached hydrogen (secondary N) is 1. The third kappa shape index (κ3) is 6.33. The largest absolute Gasteiger partial charge is 0.493 e. The van der Waals surface area contributed by atoms with E-state index in [0.29, 0.717) is 37.1 Å². The molecular formula is C28H25ClN2O4S2. The Morgan fingerprint density at radius 2 is 1.86 bits per heavy atom. The molecule has 9 heteroatoms. The number of hydrogen-bond donors (Lipinski definition) is 1. The number of halogens is 1. The summed E-state index contributed by atoms with van der Waals surface area (Å²) >= 11 is 12.9. The first-order chi connectivity index (χ1) is 17.8. The quantitative estimate of drug-likeness (QED) is 0.249. The summed E-state index contributed by atoms with van der Waals surface area (Å²) < 4.78 is 11.6. The Morgan fingerprint density at radius 3 is 2.54 bits per heavy atom. The van der Waals surface area contributed by atoms with Crippen molar-refractivity contribution in [2.45, 2.75) is 20.3 Å². The third-order valence-corrected chi connectivity index (χ3v) is 7.41. The molecule has 0 atom stereocenters. The lowest BCUT2D eigenvalue weighted by molar-refractivity contribution is -0.118. The molecule has 1 aliphatic heterocycles. The molecular weight excluding hydrogens is 528 g/mol. The normalized spacial score (nSPS) is 14.3. The van der Waals surface area contributed by atoms with Crippen LogP contribution in [0.1, 0.15) is 23.6 Å². The van der Waals surface area contributed by atoms with Gasteiger partial charge in [0, 0.05) is 10.7 Å². The molecule has 0 saturated carbocycles. The van der Waals surface area contributed by atoms with Crippen molar-refractivity contribution in [3.8, 4) is 11.5 Å². The van der Waals surface area contributed by atoms with Gasteiger partial charge in [0.25, 0.3) is 11.8 Å². The molecule has 3 aromatic carbocycles. The minimum atomic E-state index is -0.282. The van der Waals surface area contributed by atoms with E-state index in [0.717, 1.165) is 17.5 Å². The van der Waals surface area contributed by atoms with Crippen LogP contribution in [0.3, 0.4) is 0 Å². The van der Waals surface area contributed by atoms with Gasteiger partial charge in [-0.05, 0) is 72.5 Å². The van der Waals surface area contributed by atoms with Crippen molar-refractivity contribution >= 4 is 69.2 Å². The second-order valence-electron chi connectivity index (χ2n) is 8.25. The molecule has 3 aromatic rings. The van der Waals surface area contributed by atoms with Crippen molar-refractivity contribution < 1.29 is 19.1 Å². The van der Waals surface area contributed by atoms with E-state index in [1.165, 1.54) is 29.3 Å². The highest BCUT2D eigenvalue weighted by Crippen LogP contribution is 2.38. The van der Waals surface area contributed by atoms with Crippen molar-refractivity contribution in [3.63, 3.8) is 0 Å². The maximum atomic E-state index is 13.1. The number of carbonyl (C=O) groups is 2. The molecule has 0 aliphatic carbocycles. The van der Waals surface area contributed by atoms with Gasteiger partial charge in [0.15, 0.2) is 22.4 Å². The molecule has 2 amide bonds. The van der Waals surface area contributed by atoms with Crippen LogP contribution in [0.25, 0.3) is 6.08 Å². The van der Waals surface area contributed by atoms with Crippen LogP contribution in [-0.2, 0) is 16.0 Å². The van der Waals surface area contributed by atoms with Gasteiger partial charge in [-0.15, -0.1) is 0 Å². The number of benzene rings is 3. The van der Waals surface area contributed by atoms with Crippen molar-refractivity contribution in [1.82, 2.24) is 0 Å². The van der Waals surface area contributed by atoms with Crippen molar-refractivity contribution in [1.29, 1.82) is 0 Å². The van der Waals surface area contributed by atoms with E-state index in [1.54, 1.807) is 30.3 Å². The molecule has 1 N–H and O–H groups in total. The zero-order chi connectivity index (χ0) is 26.5. The second-order valence-corrected chi connectivity index (χ2v) is 10.3. The summed E-state index contributed by atoms with van der Waals surface area (Å²) in [6, 6.07) is 18.3. The molecule has 0 radical (unpaired) electrons. The summed E-state index contributed by atoms with van der Waals surface area (Å²) in [5.74, 6) is 0.348. The Hall–Kier alpha value is -3.33. The molecule has 0 bridgehead atoms. The van der Waals surface area contributed by atoms with Crippen LogP contribution >= 0.6 is 35.6 Å². The number of ether oxygens (including phenoxy) is 2. The van der Waals surface area contributed by atoms with E-state index in [4.69, 9.17) is 33.3 Å². The lowest BCUT2D eigenvalue weighted by atomic mass is 10.1. The minimum Gasteiger partial charge on any atom is -0.493 e. The summed E-state index contributed by atoms with van der Waals surface area (Å²) in [4.78, 5) is 27.4. The summed E-state index contributed by atoms with van der Waals surface area (Å²) in [6.45, 7) is 3.80. The number of methoxy groups -OCH3 is 1. The molecule has 0 aromatic heterocycles. The van der Waals surface area contributed by atoms with Crippen LogP contribution in [0.4, 0.5) is 11.4 Å². The number of hydrogen-bond acceptors (Lipinski definition) is 6. The Kier molecular flexibility index (Phi) is 8.53. The monoisotopic (exact) mass is 552 g/mol. The van der Waals surface area contributed by atoms with E-state index >= 15 is 0 Å². The molecule has 1 saturated heterocycles. The van der Waals surface area contributed by atoms with Crippen LogP contribution < -0.4 is 19.7 Å². The van der Waals surface area contributed by atoms with Crippen molar-refractivity contribution in [2.24, 2.45) is 0 Å². The predicted molar refractivity (Wildman–Crippen MR) is 155 cm³/mol. The Bertz CT molecular complexity index is 1390. The fraction of sp³-hybridized carbons (Fsp3) is 0.179. The first kappa shape index (κ1) is 26.7. The van der Waals surface area contributed by atoms with Gasteiger partial charge in [-0.3, -0.25) is 14.5 Å². The Balaban J connectivity index is 1.44. The van der Waals surface area contributed by atoms with Crippen LogP contribution in [0.5, 0.6) is 11.5 Å². The first-order valence-electron chi connectivity index (χ1n) is 11.5. The van der Waals surface area contributed by atoms with E-state index in [2.05, 4.69) is 12.2 Å². The van der Waals surface area contributed by atoms with E-state index in [9.17, 15) is 9.59 Å². The van der Waals surface area contributed by atoms with Gasteiger partial charge in [-0.25, -0.2) is 0 Å². The van der Waals surface area contributed by atoms with Gasteiger partial charge >= 0.3 is 0 Å². The molecule has 4 rings (SSSR count). The first-order valence-corrected chi connectivity index (χ1v) is 13.1. The van der Waals surface area contributed by atoms with Gasteiger partial charge in [-0.1, -0.05) is 66.8 Å². The standard InChI is InChI=1S/C28H25ClN2O4S2/c1-4-18-6-9-20(10-7-18)30-26(32)16-35-23-12-8-19(13-24(23)34-3)14-25-27(33)31(28(36)37-25)21-11-5-17(2)22(29)15-21/h5-15H,4,16H2,1-3H3,(H,30,32)/b25-14-. The molecule has 1 aliphatic rings. The molecule has 0 unspecified atom stereocenters. The Morgan fingerprint density at radius 1 is 1.11 bits per heavy atom. The molecule has 6 nitrogen and oxygen atoms in total. The third-order valence-electron chi connectivity index (χ3n) is 5.70. The van der Waals surface area contributed by atoms with E-state index in [-0.39, 0.29) is 18.4 Å². The summed E-state index contributed by atoms with van der Waals surface area (Å²) in [6.07, 6.45) is 2.68.